The molecule has 31 heavy (non-hydrogen) atoms. The van der Waals surface area contributed by atoms with Gasteiger partial charge in [0.25, 0.3) is 0 Å². The van der Waals surface area contributed by atoms with Gasteiger partial charge in [-0.25, -0.2) is 14.2 Å². The molecule has 6 nitrogen and oxygen atoms in total. The van der Waals surface area contributed by atoms with Gasteiger partial charge in [-0.1, -0.05) is 17.7 Å². The molecular formula is C23H19ClFN5O. The van der Waals surface area contributed by atoms with E-state index >= 15 is 0 Å². The second kappa shape index (κ2) is 7.92. The van der Waals surface area contributed by atoms with E-state index in [1.165, 1.54) is 23.8 Å². The Morgan fingerprint density at radius 2 is 2.03 bits per heavy atom. The van der Waals surface area contributed by atoms with Gasteiger partial charge >= 0.3 is 6.03 Å². The zero-order chi connectivity index (χ0) is 21.4. The molecule has 3 heterocycles. The standard InChI is InChI=1S/C23H19ClFN5O/c24-15-6-7-18(25)20(11-15)29-23(31)28-19-4-1-5-21-17(19)8-10-30(21)13-14-12-27-22-16(14)3-2-9-26-22/h1-7,9,11-12H,8,10,13H2,(H,26,27)(H2,28,29,31). The third-order valence-electron chi connectivity index (χ3n) is 5.45. The topological polar surface area (TPSA) is 73.1 Å². The summed E-state index contributed by atoms with van der Waals surface area (Å²) in [6.45, 7) is 1.58. The number of hydrogen-bond acceptors (Lipinski definition) is 3. The zero-order valence-electron chi connectivity index (χ0n) is 16.5. The summed E-state index contributed by atoms with van der Waals surface area (Å²) >= 11 is 5.90. The molecule has 5 rings (SSSR count). The van der Waals surface area contributed by atoms with E-state index in [0.29, 0.717) is 10.7 Å². The van der Waals surface area contributed by atoms with Gasteiger partial charge in [0.15, 0.2) is 0 Å². The van der Waals surface area contributed by atoms with Crippen LogP contribution in [0.3, 0.4) is 0 Å². The van der Waals surface area contributed by atoms with Crippen molar-refractivity contribution < 1.29 is 9.18 Å². The monoisotopic (exact) mass is 435 g/mol. The number of aromatic amines is 1. The first-order chi connectivity index (χ1) is 15.1. The van der Waals surface area contributed by atoms with Crippen molar-refractivity contribution in [2.75, 3.05) is 22.1 Å². The zero-order valence-corrected chi connectivity index (χ0v) is 17.2. The van der Waals surface area contributed by atoms with E-state index in [1.807, 2.05) is 24.4 Å². The number of hydrogen-bond donors (Lipinski definition) is 3. The van der Waals surface area contributed by atoms with Crippen LogP contribution in [-0.4, -0.2) is 22.5 Å². The number of nitrogens with one attached hydrogen (secondary N) is 3. The van der Waals surface area contributed by atoms with Crippen LogP contribution in [0.2, 0.25) is 5.02 Å². The lowest BCUT2D eigenvalue weighted by atomic mass is 10.1. The van der Waals surface area contributed by atoms with E-state index in [2.05, 4.69) is 37.6 Å². The normalized spacial score (nSPS) is 12.8. The van der Waals surface area contributed by atoms with Crippen LogP contribution in [0.15, 0.2) is 60.9 Å². The van der Waals surface area contributed by atoms with Gasteiger partial charge in [-0.3, -0.25) is 0 Å². The van der Waals surface area contributed by atoms with Crippen LogP contribution in [-0.2, 0) is 13.0 Å². The molecule has 1 aliphatic heterocycles. The Bertz CT molecular complexity index is 1290. The minimum atomic E-state index is -0.544. The number of halogens is 2. The Kier molecular flexibility index (Phi) is 4.95. The predicted molar refractivity (Wildman–Crippen MR) is 121 cm³/mol. The molecule has 0 unspecified atom stereocenters. The Labute approximate surface area is 183 Å². The number of fused-ring (bicyclic) bond motifs is 2. The van der Waals surface area contributed by atoms with Gasteiger partial charge in [0, 0.05) is 52.8 Å². The number of H-pyrrole nitrogens is 1. The Hall–Kier alpha value is -3.58. The van der Waals surface area contributed by atoms with Crippen LogP contribution in [0, 0.1) is 5.82 Å². The molecule has 0 radical (unpaired) electrons. The minimum absolute atomic E-state index is 0.0344. The molecule has 8 heteroatoms. The van der Waals surface area contributed by atoms with Crippen LogP contribution in [0.4, 0.5) is 26.2 Å². The predicted octanol–water partition coefficient (Wildman–Crippen LogP) is 5.56. The molecule has 0 atom stereocenters. The van der Waals surface area contributed by atoms with Gasteiger partial charge < -0.3 is 20.5 Å². The number of nitrogens with zero attached hydrogens (tertiary/aromatic N) is 2. The highest BCUT2D eigenvalue weighted by Crippen LogP contribution is 2.35. The summed E-state index contributed by atoms with van der Waals surface area (Å²) in [5.41, 5.74) is 4.92. The minimum Gasteiger partial charge on any atom is -0.367 e. The average molecular weight is 436 g/mol. The van der Waals surface area contributed by atoms with Crippen molar-refractivity contribution in [3.05, 3.63) is 82.9 Å². The highest BCUT2D eigenvalue weighted by molar-refractivity contribution is 6.30. The van der Waals surface area contributed by atoms with Crippen molar-refractivity contribution >= 4 is 45.7 Å². The van der Waals surface area contributed by atoms with E-state index in [0.717, 1.165) is 41.8 Å². The van der Waals surface area contributed by atoms with E-state index in [9.17, 15) is 9.18 Å². The number of amides is 2. The first kappa shape index (κ1) is 19.4. The summed E-state index contributed by atoms with van der Waals surface area (Å²) in [7, 11) is 0. The van der Waals surface area contributed by atoms with Crippen molar-refractivity contribution in [1.29, 1.82) is 0 Å². The lowest BCUT2D eigenvalue weighted by Crippen LogP contribution is -2.21. The van der Waals surface area contributed by atoms with Gasteiger partial charge in [-0.15, -0.1) is 0 Å². The fraction of sp³-hybridized carbons (Fsp3) is 0.130. The van der Waals surface area contributed by atoms with Crippen LogP contribution in [0.1, 0.15) is 11.1 Å². The number of urea groups is 1. The fourth-order valence-corrected chi connectivity index (χ4v) is 4.17. The van der Waals surface area contributed by atoms with Gasteiger partial charge in [0.2, 0.25) is 0 Å². The Morgan fingerprint density at radius 3 is 2.94 bits per heavy atom. The molecule has 4 aromatic rings. The highest BCUT2D eigenvalue weighted by Gasteiger charge is 2.23. The van der Waals surface area contributed by atoms with Crippen molar-refractivity contribution in [2.24, 2.45) is 0 Å². The number of carbonyl (C=O) groups excluding carboxylic acids is 1. The summed E-state index contributed by atoms with van der Waals surface area (Å²) in [5.74, 6) is -0.544. The molecule has 0 spiro atoms. The molecule has 3 N–H and O–H groups in total. The average Bonchev–Trinajstić information content (AvgIpc) is 3.36. The maximum Gasteiger partial charge on any atom is 0.323 e. The molecule has 2 aromatic carbocycles. The van der Waals surface area contributed by atoms with Gasteiger partial charge in [0.1, 0.15) is 11.5 Å². The van der Waals surface area contributed by atoms with Gasteiger partial charge in [-0.2, -0.15) is 0 Å². The van der Waals surface area contributed by atoms with Crippen LogP contribution >= 0.6 is 11.6 Å². The third-order valence-corrected chi connectivity index (χ3v) is 5.68. The summed E-state index contributed by atoms with van der Waals surface area (Å²) in [6, 6.07) is 13.3. The second-order valence-electron chi connectivity index (χ2n) is 7.39. The summed E-state index contributed by atoms with van der Waals surface area (Å²) in [6.07, 6.45) is 4.56. The molecule has 0 bridgehead atoms. The van der Waals surface area contributed by atoms with E-state index < -0.39 is 11.8 Å². The highest BCUT2D eigenvalue weighted by atomic mass is 35.5. The molecule has 0 fully saturated rings. The van der Waals surface area contributed by atoms with E-state index in [-0.39, 0.29) is 5.69 Å². The molecular weight excluding hydrogens is 417 g/mol. The molecule has 0 saturated carbocycles. The van der Waals surface area contributed by atoms with Crippen LogP contribution in [0.5, 0.6) is 0 Å². The number of anilines is 3. The quantitative estimate of drug-likeness (QED) is 0.393. The fourth-order valence-electron chi connectivity index (χ4n) is 4.00. The van der Waals surface area contributed by atoms with Crippen LogP contribution in [0.25, 0.3) is 11.0 Å². The lowest BCUT2D eigenvalue weighted by Gasteiger charge is -2.19. The van der Waals surface area contributed by atoms with Crippen molar-refractivity contribution in [3.8, 4) is 0 Å². The summed E-state index contributed by atoms with van der Waals surface area (Å²) in [4.78, 5) is 22.3. The van der Waals surface area contributed by atoms with Crippen molar-refractivity contribution in [3.63, 3.8) is 0 Å². The summed E-state index contributed by atoms with van der Waals surface area (Å²) < 4.78 is 13.9. The molecule has 0 aliphatic carbocycles. The number of pyridine rings is 1. The maximum absolute atomic E-state index is 13.9. The maximum atomic E-state index is 13.9. The van der Waals surface area contributed by atoms with E-state index in [1.54, 1.807) is 6.20 Å². The largest absolute Gasteiger partial charge is 0.367 e. The molecule has 2 aromatic heterocycles. The van der Waals surface area contributed by atoms with E-state index in [4.69, 9.17) is 11.6 Å². The number of rotatable bonds is 4. The molecule has 2 amide bonds. The third kappa shape index (κ3) is 3.80. The van der Waals surface area contributed by atoms with Crippen LogP contribution < -0.4 is 15.5 Å². The van der Waals surface area contributed by atoms with Crippen molar-refractivity contribution in [1.82, 2.24) is 9.97 Å². The first-order valence-electron chi connectivity index (χ1n) is 9.89. The second-order valence-corrected chi connectivity index (χ2v) is 7.83. The molecule has 1 aliphatic rings. The number of aromatic nitrogens is 2. The Balaban J connectivity index is 1.34. The first-order valence-corrected chi connectivity index (χ1v) is 10.3. The molecule has 156 valence electrons. The Morgan fingerprint density at radius 1 is 1.16 bits per heavy atom. The van der Waals surface area contributed by atoms with Gasteiger partial charge in [0.05, 0.1) is 5.69 Å². The smallest absolute Gasteiger partial charge is 0.323 e. The lowest BCUT2D eigenvalue weighted by molar-refractivity contribution is 0.262. The van der Waals surface area contributed by atoms with Gasteiger partial charge in [-0.05, 0) is 54.4 Å². The summed E-state index contributed by atoms with van der Waals surface area (Å²) in [5, 5.41) is 6.82. The van der Waals surface area contributed by atoms with Crippen molar-refractivity contribution in [2.45, 2.75) is 13.0 Å². The number of carbonyl (C=O) groups is 1. The number of benzene rings is 2. The molecule has 0 saturated heterocycles. The SMILES string of the molecule is O=C(Nc1cc(Cl)ccc1F)Nc1cccc2c1CCN2Cc1c[nH]c2ncccc12.